The second-order valence-electron chi connectivity index (χ2n) is 27.4. The Balaban J connectivity index is 3.39. The Hall–Kier alpha value is -1.66. The molecule has 6 heteroatoms. The zero-order valence-electron chi connectivity index (χ0n) is 58.6. The van der Waals surface area contributed by atoms with E-state index in [-0.39, 0.29) is 18.5 Å². The van der Waals surface area contributed by atoms with E-state index >= 15 is 0 Å². The van der Waals surface area contributed by atoms with Crippen LogP contribution in [-0.2, 0) is 14.3 Å². The Kier molecular flexibility index (Phi) is 74.3. The number of unbranched alkanes of at least 4 members (excludes halogenated alkanes) is 62. The molecule has 0 aliphatic rings. The molecular formula is C80H155NO5. The summed E-state index contributed by atoms with van der Waals surface area (Å²) in [7, 11) is 0. The van der Waals surface area contributed by atoms with Gasteiger partial charge in [0, 0.05) is 12.8 Å². The van der Waals surface area contributed by atoms with E-state index < -0.39 is 12.1 Å². The zero-order valence-corrected chi connectivity index (χ0v) is 58.6. The molecule has 0 rings (SSSR count). The van der Waals surface area contributed by atoms with E-state index in [1.165, 1.54) is 385 Å². The molecule has 0 aliphatic heterocycles. The number of amides is 1. The number of esters is 1. The molecule has 1 amide bonds. The van der Waals surface area contributed by atoms with E-state index in [2.05, 4.69) is 31.3 Å². The molecule has 0 spiro atoms. The maximum atomic E-state index is 12.6. The third-order valence-corrected chi connectivity index (χ3v) is 18.7. The molecule has 2 atom stereocenters. The summed E-state index contributed by atoms with van der Waals surface area (Å²) in [4.78, 5) is 24.6. The lowest BCUT2D eigenvalue weighted by Gasteiger charge is -2.20. The number of aliphatic hydroxyl groups is 2. The predicted octanol–water partition coefficient (Wildman–Crippen LogP) is 26.0. The van der Waals surface area contributed by atoms with Crippen LogP contribution in [0.25, 0.3) is 0 Å². The average Bonchev–Trinajstić information content (AvgIpc) is 3.58. The van der Waals surface area contributed by atoms with Crippen molar-refractivity contribution in [3.63, 3.8) is 0 Å². The number of nitrogens with one attached hydrogen (secondary N) is 1. The van der Waals surface area contributed by atoms with Crippen LogP contribution in [0, 0.1) is 0 Å². The van der Waals surface area contributed by atoms with Crippen molar-refractivity contribution in [2.45, 2.75) is 463 Å². The van der Waals surface area contributed by atoms with Crippen molar-refractivity contribution in [2.75, 3.05) is 13.2 Å². The summed E-state index contributed by atoms with van der Waals surface area (Å²) in [6.45, 7) is 4.96. The van der Waals surface area contributed by atoms with Gasteiger partial charge in [-0.2, -0.15) is 0 Å². The van der Waals surface area contributed by atoms with E-state index in [0.29, 0.717) is 19.4 Å². The lowest BCUT2D eigenvalue weighted by molar-refractivity contribution is -0.143. The molecule has 0 radical (unpaired) electrons. The Labute approximate surface area is 539 Å². The fraction of sp³-hybridized carbons (Fsp3) is 0.925. The maximum absolute atomic E-state index is 12.6. The topological polar surface area (TPSA) is 95.9 Å². The number of ether oxygens (including phenoxy) is 1. The molecule has 0 heterocycles. The van der Waals surface area contributed by atoms with Crippen molar-refractivity contribution in [1.29, 1.82) is 0 Å². The summed E-state index contributed by atoms with van der Waals surface area (Å²) in [6, 6.07) is -0.628. The Morgan fingerprint density at radius 1 is 0.314 bits per heavy atom. The van der Waals surface area contributed by atoms with Crippen LogP contribution in [0.5, 0.6) is 0 Å². The van der Waals surface area contributed by atoms with Crippen molar-refractivity contribution in [1.82, 2.24) is 5.32 Å². The van der Waals surface area contributed by atoms with Gasteiger partial charge in [0.25, 0.3) is 0 Å². The van der Waals surface area contributed by atoms with E-state index in [1.807, 2.05) is 6.08 Å². The summed E-state index contributed by atoms with van der Waals surface area (Å²) in [5, 5.41) is 23.3. The fourth-order valence-corrected chi connectivity index (χ4v) is 12.7. The Morgan fingerprint density at radius 3 is 0.826 bits per heavy atom. The minimum atomic E-state index is -0.845. The number of hydrogen-bond donors (Lipinski definition) is 3. The van der Waals surface area contributed by atoms with Crippen LogP contribution in [0.3, 0.4) is 0 Å². The van der Waals surface area contributed by atoms with E-state index in [9.17, 15) is 19.8 Å². The normalized spacial score (nSPS) is 12.6. The number of allylic oxidation sites excluding steroid dienone is 3. The third kappa shape index (κ3) is 71.4. The van der Waals surface area contributed by atoms with Gasteiger partial charge in [0.15, 0.2) is 0 Å². The van der Waals surface area contributed by atoms with E-state index in [0.717, 1.165) is 38.5 Å². The molecular weight excluding hydrogens is 1050 g/mol. The van der Waals surface area contributed by atoms with Crippen molar-refractivity contribution < 1.29 is 24.5 Å². The highest BCUT2D eigenvalue weighted by atomic mass is 16.5. The first-order valence-electron chi connectivity index (χ1n) is 39.6. The second-order valence-corrected chi connectivity index (χ2v) is 27.4. The van der Waals surface area contributed by atoms with Crippen LogP contribution in [0.1, 0.15) is 450 Å². The van der Waals surface area contributed by atoms with Crippen LogP contribution < -0.4 is 5.32 Å². The van der Waals surface area contributed by atoms with Crippen LogP contribution in [-0.4, -0.2) is 47.4 Å². The highest BCUT2D eigenvalue weighted by Gasteiger charge is 2.18. The zero-order chi connectivity index (χ0) is 62.0. The first-order valence-corrected chi connectivity index (χ1v) is 39.6. The van der Waals surface area contributed by atoms with Gasteiger partial charge in [0.2, 0.25) is 5.91 Å². The van der Waals surface area contributed by atoms with Gasteiger partial charge in [-0.15, -0.1) is 0 Å². The standard InChI is InChI=1S/C80H155NO5/c1-3-5-7-9-11-13-15-17-19-20-21-22-23-30-33-36-39-42-45-48-52-56-60-64-68-72-78(83)77(76-82)81-79(84)73-69-65-61-57-53-49-46-43-40-37-34-31-28-26-24-25-27-29-32-35-38-41-44-47-51-55-59-63-67-71-75-86-80(85)74-70-66-62-58-54-50-18-16-14-12-10-8-6-4-2/h25,27,68,72,77-78,82-83H,3-24,26,28-67,69-71,73-76H2,1-2H3,(H,81,84)/b27-25-,72-68+. The molecule has 3 N–H and O–H groups in total. The average molecular weight is 1210 g/mol. The first kappa shape index (κ1) is 84.3. The Morgan fingerprint density at radius 2 is 0.547 bits per heavy atom. The molecule has 2 unspecified atom stereocenters. The second kappa shape index (κ2) is 75.8. The lowest BCUT2D eigenvalue weighted by Crippen LogP contribution is -2.45. The van der Waals surface area contributed by atoms with Gasteiger partial charge in [-0.05, 0) is 57.8 Å². The maximum Gasteiger partial charge on any atom is 0.305 e. The van der Waals surface area contributed by atoms with Crippen molar-refractivity contribution in [2.24, 2.45) is 0 Å². The molecule has 0 saturated carbocycles. The molecule has 86 heavy (non-hydrogen) atoms. The molecule has 6 nitrogen and oxygen atoms in total. The van der Waals surface area contributed by atoms with Crippen molar-refractivity contribution >= 4 is 11.9 Å². The molecule has 0 aromatic heterocycles. The molecule has 0 saturated heterocycles. The lowest BCUT2D eigenvalue weighted by atomic mass is 10.0. The predicted molar refractivity (Wildman–Crippen MR) is 380 cm³/mol. The largest absolute Gasteiger partial charge is 0.466 e. The molecule has 0 aliphatic carbocycles. The van der Waals surface area contributed by atoms with Crippen LogP contribution in [0.2, 0.25) is 0 Å². The number of hydrogen-bond acceptors (Lipinski definition) is 5. The van der Waals surface area contributed by atoms with Gasteiger partial charge in [-0.1, -0.05) is 404 Å². The quantitative estimate of drug-likeness (QED) is 0.0320. The van der Waals surface area contributed by atoms with Gasteiger partial charge in [0.1, 0.15) is 0 Å². The minimum Gasteiger partial charge on any atom is -0.466 e. The van der Waals surface area contributed by atoms with E-state index in [4.69, 9.17) is 4.74 Å². The Bertz CT molecular complexity index is 1350. The summed E-state index contributed by atoms with van der Waals surface area (Å²) < 4.78 is 5.50. The SMILES string of the molecule is CCCCCCCCCCCCCCCCCCCCCCCCC/C=C/C(O)C(CO)NC(=O)CCCCCCCCCCCCCCCC/C=C\CCCCCCCCCCCCCCOC(=O)CCCCCCCCCCCCCCCC. The molecule has 510 valence electrons. The summed E-state index contributed by atoms with van der Waals surface area (Å²) in [5.74, 6) is -0.0409. The molecule has 0 aromatic carbocycles. The van der Waals surface area contributed by atoms with Crippen LogP contribution >= 0.6 is 0 Å². The smallest absolute Gasteiger partial charge is 0.305 e. The monoisotopic (exact) mass is 1210 g/mol. The molecule has 0 bridgehead atoms. The summed E-state index contributed by atoms with van der Waals surface area (Å²) in [5.41, 5.74) is 0. The van der Waals surface area contributed by atoms with Gasteiger partial charge in [-0.25, -0.2) is 0 Å². The fourth-order valence-electron chi connectivity index (χ4n) is 12.7. The third-order valence-electron chi connectivity index (χ3n) is 18.7. The van der Waals surface area contributed by atoms with Crippen LogP contribution in [0.4, 0.5) is 0 Å². The highest BCUT2D eigenvalue weighted by molar-refractivity contribution is 5.76. The van der Waals surface area contributed by atoms with Crippen molar-refractivity contribution in [3.8, 4) is 0 Å². The van der Waals surface area contributed by atoms with Gasteiger partial charge in [0.05, 0.1) is 25.4 Å². The van der Waals surface area contributed by atoms with E-state index in [1.54, 1.807) is 6.08 Å². The van der Waals surface area contributed by atoms with Crippen molar-refractivity contribution in [3.05, 3.63) is 24.3 Å². The first-order chi connectivity index (χ1) is 42.5. The van der Waals surface area contributed by atoms with Gasteiger partial charge >= 0.3 is 5.97 Å². The summed E-state index contributed by atoms with van der Waals surface area (Å²) >= 11 is 0. The minimum absolute atomic E-state index is 0.0201. The van der Waals surface area contributed by atoms with Gasteiger partial charge < -0.3 is 20.3 Å². The van der Waals surface area contributed by atoms with Crippen LogP contribution in [0.15, 0.2) is 24.3 Å². The summed E-state index contributed by atoms with van der Waals surface area (Å²) in [6.07, 6.45) is 97.3. The number of carbonyl (C=O) groups is 2. The van der Waals surface area contributed by atoms with Gasteiger partial charge in [-0.3, -0.25) is 9.59 Å². The number of rotatable bonds is 75. The number of aliphatic hydroxyl groups excluding tert-OH is 2. The number of carbonyl (C=O) groups excluding carboxylic acids is 2. The molecule has 0 aromatic rings. The molecule has 0 fully saturated rings. The highest BCUT2D eigenvalue weighted by Crippen LogP contribution is 2.20.